The molecule has 4 rings (SSSR count). The number of carbonyl (C=O) groups excluding carboxylic acids is 2. The van der Waals surface area contributed by atoms with Crippen molar-refractivity contribution in [1.29, 1.82) is 0 Å². The average Bonchev–Trinajstić information content (AvgIpc) is 3.53. The fourth-order valence-electron chi connectivity index (χ4n) is 3.73. The van der Waals surface area contributed by atoms with Crippen molar-refractivity contribution < 1.29 is 14.0 Å². The third-order valence-electron chi connectivity index (χ3n) is 5.99. The summed E-state index contributed by atoms with van der Waals surface area (Å²) in [6, 6.07) is 12.3. The monoisotopic (exact) mass is 437 g/mol. The molecule has 0 radical (unpaired) electrons. The number of nitrogens with zero attached hydrogens (tertiary/aromatic N) is 4. The number of rotatable bonds is 8. The van der Waals surface area contributed by atoms with Crippen LogP contribution in [-0.4, -0.2) is 43.3 Å². The van der Waals surface area contributed by atoms with Gasteiger partial charge in [0.2, 0.25) is 11.8 Å². The van der Waals surface area contributed by atoms with Crippen LogP contribution in [0.4, 0.5) is 4.39 Å². The van der Waals surface area contributed by atoms with E-state index in [1.165, 1.54) is 12.1 Å². The second-order valence-electron chi connectivity index (χ2n) is 8.95. The fourth-order valence-corrected chi connectivity index (χ4v) is 3.73. The van der Waals surface area contributed by atoms with Gasteiger partial charge in [0.25, 0.3) is 0 Å². The number of fused-ring (bicyclic) bond motifs is 1. The van der Waals surface area contributed by atoms with Gasteiger partial charge in [0.15, 0.2) is 0 Å². The Morgan fingerprint density at radius 2 is 1.88 bits per heavy atom. The quantitative estimate of drug-likeness (QED) is 0.584. The van der Waals surface area contributed by atoms with E-state index in [-0.39, 0.29) is 30.2 Å². The van der Waals surface area contributed by atoms with Crippen LogP contribution in [0.15, 0.2) is 48.5 Å². The van der Waals surface area contributed by atoms with Crippen molar-refractivity contribution in [2.45, 2.75) is 64.2 Å². The standard InChI is InChI=1S/C24H28FN5O2/c1-4-24(2,3)26-23(32)22(16-9-11-17(25)12-10-16)30(18-13-14-18)21(31)15-29-20-8-6-5-7-19(20)27-28-29/h5-12,18,22H,4,13-15H2,1-3H3,(H,26,32). The van der Waals surface area contributed by atoms with Gasteiger partial charge in [0, 0.05) is 11.6 Å². The van der Waals surface area contributed by atoms with Crippen molar-refractivity contribution in [1.82, 2.24) is 25.2 Å². The van der Waals surface area contributed by atoms with Gasteiger partial charge in [-0.2, -0.15) is 0 Å². The third kappa shape index (κ3) is 4.64. The molecule has 1 aliphatic carbocycles. The van der Waals surface area contributed by atoms with Crippen molar-refractivity contribution in [3.63, 3.8) is 0 Å². The normalized spacial score (nSPS) is 14.9. The molecule has 0 saturated heterocycles. The van der Waals surface area contributed by atoms with Gasteiger partial charge in [-0.25, -0.2) is 9.07 Å². The first-order valence-corrected chi connectivity index (χ1v) is 11.0. The lowest BCUT2D eigenvalue weighted by molar-refractivity contribution is -0.143. The molecule has 1 fully saturated rings. The molecule has 1 heterocycles. The highest BCUT2D eigenvalue weighted by Gasteiger charge is 2.42. The van der Waals surface area contributed by atoms with Crippen LogP contribution in [0.2, 0.25) is 0 Å². The van der Waals surface area contributed by atoms with Crippen molar-refractivity contribution in [2.75, 3.05) is 0 Å². The van der Waals surface area contributed by atoms with Crippen LogP contribution in [0.25, 0.3) is 11.0 Å². The molecule has 1 unspecified atom stereocenters. The Hall–Kier alpha value is -3.29. The van der Waals surface area contributed by atoms with Crippen LogP contribution in [0, 0.1) is 5.82 Å². The zero-order valence-corrected chi connectivity index (χ0v) is 18.6. The molecule has 2 aromatic carbocycles. The van der Waals surface area contributed by atoms with Crippen LogP contribution in [0.3, 0.4) is 0 Å². The molecule has 1 atom stereocenters. The number of nitrogens with one attached hydrogen (secondary N) is 1. The number of para-hydroxylation sites is 1. The van der Waals surface area contributed by atoms with Crippen LogP contribution >= 0.6 is 0 Å². The summed E-state index contributed by atoms with van der Waals surface area (Å²) in [5.74, 6) is -0.880. The Bertz CT molecular complexity index is 1120. The van der Waals surface area contributed by atoms with Crippen molar-refractivity contribution in [2.24, 2.45) is 0 Å². The lowest BCUT2D eigenvalue weighted by Crippen LogP contribution is -2.51. The minimum absolute atomic E-state index is 0.0286. The molecule has 1 N–H and O–H groups in total. The fraction of sp³-hybridized carbons (Fsp3) is 0.417. The van der Waals surface area contributed by atoms with E-state index >= 15 is 0 Å². The number of carbonyl (C=O) groups is 2. The number of hydrogen-bond acceptors (Lipinski definition) is 4. The highest BCUT2D eigenvalue weighted by atomic mass is 19.1. The van der Waals surface area contributed by atoms with Gasteiger partial charge in [-0.3, -0.25) is 9.59 Å². The summed E-state index contributed by atoms with van der Waals surface area (Å²) in [7, 11) is 0. The molecular weight excluding hydrogens is 409 g/mol. The Balaban J connectivity index is 1.68. The van der Waals surface area contributed by atoms with E-state index in [9.17, 15) is 14.0 Å². The first-order chi connectivity index (χ1) is 15.3. The molecule has 0 aliphatic heterocycles. The van der Waals surface area contributed by atoms with Gasteiger partial charge in [-0.15, -0.1) is 5.10 Å². The van der Waals surface area contributed by atoms with E-state index in [1.54, 1.807) is 21.7 Å². The summed E-state index contributed by atoms with van der Waals surface area (Å²) in [4.78, 5) is 28.6. The topological polar surface area (TPSA) is 80.1 Å². The minimum atomic E-state index is -0.851. The SMILES string of the molecule is CCC(C)(C)NC(=O)C(c1ccc(F)cc1)N(C(=O)Cn1nnc2ccccc21)C1CC1. The van der Waals surface area contributed by atoms with Gasteiger partial charge in [0.1, 0.15) is 23.9 Å². The van der Waals surface area contributed by atoms with Crippen LogP contribution in [0.1, 0.15) is 51.6 Å². The lowest BCUT2D eigenvalue weighted by Gasteiger charge is -2.34. The molecule has 3 aromatic rings. The average molecular weight is 438 g/mol. The summed E-state index contributed by atoms with van der Waals surface area (Å²) in [5.41, 5.74) is 1.61. The predicted octanol–water partition coefficient (Wildman–Crippen LogP) is 3.61. The van der Waals surface area contributed by atoms with Gasteiger partial charge in [-0.1, -0.05) is 36.4 Å². The first-order valence-electron chi connectivity index (χ1n) is 11.0. The first kappa shape index (κ1) is 21.9. The second kappa shape index (κ2) is 8.68. The number of benzene rings is 2. The van der Waals surface area contributed by atoms with Crippen LogP contribution in [0.5, 0.6) is 0 Å². The maximum Gasteiger partial charge on any atom is 0.247 e. The molecule has 1 aromatic heterocycles. The second-order valence-corrected chi connectivity index (χ2v) is 8.95. The molecular formula is C24H28FN5O2. The van der Waals surface area contributed by atoms with E-state index < -0.39 is 11.6 Å². The molecule has 168 valence electrons. The van der Waals surface area contributed by atoms with Crippen LogP contribution < -0.4 is 5.32 Å². The van der Waals surface area contributed by atoms with Gasteiger partial charge in [-0.05, 0) is 62.9 Å². The van der Waals surface area contributed by atoms with Gasteiger partial charge >= 0.3 is 0 Å². The molecule has 0 bridgehead atoms. The van der Waals surface area contributed by atoms with Crippen molar-refractivity contribution >= 4 is 22.8 Å². The van der Waals surface area contributed by atoms with Crippen LogP contribution in [-0.2, 0) is 16.1 Å². The lowest BCUT2D eigenvalue weighted by atomic mass is 9.98. The zero-order valence-electron chi connectivity index (χ0n) is 18.6. The smallest absolute Gasteiger partial charge is 0.247 e. The Morgan fingerprint density at radius 3 is 2.53 bits per heavy atom. The minimum Gasteiger partial charge on any atom is -0.349 e. The van der Waals surface area contributed by atoms with E-state index in [1.807, 2.05) is 45.0 Å². The summed E-state index contributed by atoms with van der Waals surface area (Å²) in [6.07, 6.45) is 2.38. The van der Waals surface area contributed by atoms with E-state index in [0.717, 1.165) is 24.8 Å². The number of amides is 2. The molecule has 32 heavy (non-hydrogen) atoms. The number of hydrogen-bond donors (Lipinski definition) is 1. The zero-order chi connectivity index (χ0) is 22.9. The van der Waals surface area contributed by atoms with E-state index in [4.69, 9.17) is 0 Å². The van der Waals surface area contributed by atoms with Crippen molar-refractivity contribution in [3.8, 4) is 0 Å². The molecule has 1 aliphatic rings. The van der Waals surface area contributed by atoms with E-state index in [2.05, 4.69) is 15.6 Å². The maximum atomic E-state index is 13.6. The highest BCUT2D eigenvalue weighted by molar-refractivity contribution is 5.90. The Labute approximate surface area is 186 Å². The Kier molecular flexibility index (Phi) is 5.95. The molecule has 8 heteroatoms. The van der Waals surface area contributed by atoms with E-state index in [0.29, 0.717) is 11.1 Å². The number of halogens is 1. The highest BCUT2D eigenvalue weighted by Crippen LogP contribution is 2.35. The molecule has 0 spiro atoms. The third-order valence-corrected chi connectivity index (χ3v) is 5.99. The summed E-state index contributed by atoms with van der Waals surface area (Å²) >= 11 is 0. The molecule has 2 amide bonds. The van der Waals surface area contributed by atoms with Gasteiger partial charge in [0.05, 0.1) is 5.52 Å². The maximum absolute atomic E-state index is 13.6. The Morgan fingerprint density at radius 1 is 1.19 bits per heavy atom. The molecule has 1 saturated carbocycles. The summed E-state index contributed by atoms with van der Waals surface area (Å²) in [5, 5.41) is 11.3. The van der Waals surface area contributed by atoms with Gasteiger partial charge < -0.3 is 10.2 Å². The predicted molar refractivity (Wildman–Crippen MR) is 119 cm³/mol. The van der Waals surface area contributed by atoms with Crippen molar-refractivity contribution in [3.05, 3.63) is 59.9 Å². The number of aromatic nitrogens is 3. The molecule has 7 nitrogen and oxygen atoms in total. The summed E-state index contributed by atoms with van der Waals surface area (Å²) < 4.78 is 15.2. The summed E-state index contributed by atoms with van der Waals surface area (Å²) in [6.45, 7) is 5.85. The largest absolute Gasteiger partial charge is 0.349 e.